The number of nitrogens with one attached hydrogen (secondary N) is 1. The molecule has 0 aliphatic heterocycles. The summed E-state index contributed by atoms with van der Waals surface area (Å²) in [6.07, 6.45) is 7.47. The van der Waals surface area contributed by atoms with Gasteiger partial charge in [-0.2, -0.15) is 11.8 Å². The number of thioether (sulfide) groups is 1. The van der Waals surface area contributed by atoms with E-state index in [2.05, 4.69) is 35.4 Å². The fraction of sp³-hybridized carbons (Fsp3) is 0.714. The lowest BCUT2D eigenvalue weighted by Crippen LogP contribution is -2.30. The largest absolute Gasteiger partial charge is 0.384 e. The van der Waals surface area contributed by atoms with Gasteiger partial charge < -0.3 is 11.1 Å². The highest BCUT2D eigenvalue weighted by molar-refractivity contribution is 8.00. The maximum absolute atomic E-state index is 5.85. The molecule has 1 fully saturated rings. The maximum atomic E-state index is 5.85. The summed E-state index contributed by atoms with van der Waals surface area (Å²) in [6, 6.07) is 1.83. The molecule has 1 heterocycles. The van der Waals surface area contributed by atoms with Crippen LogP contribution in [-0.2, 0) is 0 Å². The Bertz CT molecular complexity index is 427. The summed E-state index contributed by atoms with van der Waals surface area (Å²) in [5.41, 5.74) is 5.85. The minimum atomic E-state index is 0.296. The number of rotatable bonds is 5. The molecule has 0 unspecified atom stereocenters. The number of nitrogens with zero attached hydrogens (tertiary/aromatic N) is 2. The predicted octanol–water partition coefficient (Wildman–Crippen LogP) is 3.27. The Labute approximate surface area is 120 Å². The van der Waals surface area contributed by atoms with E-state index in [0.717, 1.165) is 18.2 Å². The van der Waals surface area contributed by atoms with Crippen LogP contribution in [0.2, 0.25) is 0 Å². The molecule has 0 bridgehead atoms. The van der Waals surface area contributed by atoms with Crippen molar-refractivity contribution in [2.45, 2.75) is 50.2 Å². The summed E-state index contributed by atoms with van der Waals surface area (Å²) in [6.45, 7) is 5.12. The van der Waals surface area contributed by atoms with Crippen molar-refractivity contribution in [3.8, 4) is 0 Å². The second-order valence-corrected chi connectivity index (χ2v) is 6.91. The molecule has 2 rings (SSSR count). The average molecular weight is 280 g/mol. The van der Waals surface area contributed by atoms with E-state index in [4.69, 9.17) is 5.73 Å². The highest BCUT2D eigenvalue weighted by Crippen LogP contribution is 2.40. The van der Waals surface area contributed by atoms with Crippen LogP contribution in [0.5, 0.6) is 0 Å². The fourth-order valence-electron chi connectivity index (χ4n) is 2.56. The molecular weight excluding hydrogens is 256 g/mol. The van der Waals surface area contributed by atoms with Crippen LogP contribution in [0.4, 0.5) is 11.6 Å². The van der Waals surface area contributed by atoms with Crippen molar-refractivity contribution in [1.82, 2.24) is 9.97 Å². The summed E-state index contributed by atoms with van der Waals surface area (Å²) < 4.78 is 0.373. The average Bonchev–Trinajstić information content (AvgIpc) is 2.85. The third-order valence-corrected chi connectivity index (χ3v) is 5.24. The molecule has 106 valence electrons. The molecule has 0 radical (unpaired) electrons. The Morgan fingerprint density at radius 1 is 1.37 bits per heavy atom. The molecule has 1 aliphatic rings. The molecule has 1 aliphatic carbocycles. The first-order valence-corrected chi connectivity index (χ1v) is 8.21. The molecule has 0 aromatic carbocycles. The standard InChI is InChI=1S/C14H24N4S/c1-10(2)13-17-11(15)8-12(18-13)16-9-14(19-3)6-4-5-7-14/h8,10H,4-7,9H2,1-3H3,(H3,15,16,17,18). The van der Waals surface area contributed by atoms with Crippen LogP contribution in [-0.4, -0.2) is 27.5 Å². The first-order chi connectivity index (χ1) is 9.04. The third kappa shape index (κ3) is 3.53. The lowest BCUT2D eigenvalue weighted by Gasteiger charge is -2.27. The van der Waals surface area contributed by atoms with Gasteiger partial charge in [0, 0.05) is 23.3 Å². The van der Waals surface area contributed by atoms with E-state index < -0.39 is 0 Å². The summed E-state index contributed by atoms with van der Waals surface area (Å²) in [5.74, 6) is 2.51. The molecule has 1 aromatic rings. The summed E-state index contributed by atoms with van der Waals surface area (Å²) in [5, 5.41) is 3.46. The van der Waals surface area contributed by atoms with E-state index in [1.54, 1.807) is 0 Å². The Morgan fingerprint density at radius 3 is 2.63 bits per heavy atom. The number of anilines is 2. The monoisotopic (exact) mass is 280 g/mol. The Hall–Kier alpha value is -0.970. The fourth-order valence-corrected chi connectivity index (χ4v) is 3.47. The Kier molecular flexibility index (Phi) is 4.55. The van der Waals surface area contributed by atoms with Gasteiger partial charge in [-0.1, -0.05) is 26.7 Å². The van der Waals surface area contributed by atoms with Crippen LogP contribution in [0.1, 0.15) is 51.3 Å². The number of nitrogen functional groups attached to an aromatic ring is 1. The van der Waals surface area contributed by atoms with E-state index in [1.165, 1.54) is 25.7 Å². The van der Waals surface area contributed by atoms with Crippen molar-refractivity contribution in [1.29, 1.82) is 0 Å². The van der Waals surface area contributed by atoms with Gasteiger partial charge >= 0.3 is 0 Å². The normalized spacial score (nSPS) is 17.9. The van der Waals surface area contributed by atoms with Gasteiger partial charge in [-0.25, -0.2) is 9.97 Å². The predicted molar refractivity (Wildman–Crippen MR) is 83.7 cm³/mol. The highest BCUT2D eigenvalue weighted by atomic mass is 32.2. The minimum Gasteiger partial charge on any atom is -0.384 e. The minimum absolute atomic E-state index is 0.296. The molecule has 0 saturated heterocycles. The topological polar surface area (TPSA) is 63.8 Å². The van der Waals surface area contributed by atoms with Gasteiger partial charge in [-0.05, 0) is 19.1 Å². The molecule has 5 heteroatoms. The molecule has 4 nitrogen and oxygen atoms in total. The van der Waals surface area contributed by atoms with Crippen LogP contribution in [0.3, 0.4) is 0 Å². The van der Waals surface area contributed by atoms with E-state index >= 15 is 0 Å². The van der Waals surface area contributed by atoms with Gasteiger partial charge in [0.1, 0.15) is 17.5 Å². The smallest absolute Gasteiger partial charge is 0.135 e. The van der Waals surface area contributed by atoms with E-state index in [-0.39, 0.29) is 0 Å². The molecule has 1 aromatic heterocycles. The maximum Gasteiger partial charge on any atom is 0.135 e. The van der Waals surface area contributed by atoms with Crippen molar-refractivity contribution in [3.63, 3.8) is 0 Å². The zero-order valence-corrected chi connectivity index (χ0v) is 12.9. The van der Waals surface area contributed by atoms with Gasteiger partial charge in [0.05, 0.1) is 0 Å². The van der Waals surface area contributed by atoms with Crippen LogP contribution < -0.4 is 11.1 Å². The quantitative estimate of drug-likeness (QED) is 0.866. The molecule has 1 saturated carbocycles. The summed E-state index contributed by atoms with van der Waals surface area (Å²) in [4.78, 5) is 8.82. The lowest BCUT2D eigenvalue weighted by atomic mass is 10.1. The van der Waals surface area contributed by atoms with Crippen LogP contribution >= 0.6 is 11.8 Å². The van der Waals surface area contributed by atoms with Crippen molar-refractivity contribution in [3.05, 3.63) is 11.9 Å². The van der Waals surface area contributed by atoms with Gasteiger partial charge in [0.15, 0.2) is 0 Å². The number of hydrogen-bond donors (Lipinski definition) is 2. The second kappa shape index (κ2) is 5.99. The van der Waals surface area contributed by atoms with Crippen molar-refractivity contribution < 1.29 is 0 Å². The molecule has 0 amide bonds. The molecule has 0 spiro atoms. The molecular formula is C14H24N4S. The van der Waals surface area contributed by atoms with E-state index in [1.807, 2.05) is 17.8 Å². The zero-order chi connectivity index (χ0) is 13.9. The van der Waals surface area contributed by atoms with Gasteiger partial charge in [-0.3, -0.25) is 0 Å². The van der Waals surface area contributed by atoms with Crippen LogP contribution in [0.25, 0.3) is 0 Å². The molecule has 3 N–H and O–H groups in total. The Morgan fingerprint density at radius 2 is 2.05 bits per heavy atom. The number of hydrogen-bond acceptors (Lipinski definition) is 5. The third-order valence-electron chi connectivity index (χ3n) is 3.82. The van der Waals surface area contributed by atoms with Gasteiger partial charge in [-0.15, -0.1) is 0 Å². The molecule has 19 heavy (non-hydrogen) atoms. The second-order valence-electron chi connectivity index (χ2n) is 5.64. The highest BCUT2D eigenvalue weighted by Gasteiger charge is 2.32. The van der Waals surface area contributed by atoms with E-state index in [9.17, 15) is 0 Å². The van der Waals surface area contributed by atoms with E-state index in [0.29, 0.717) is 16.5 Å². The Balaban J connectivity index is 2.06. The van der Waals surface area contributed by atoms with Crippen LogP contribution in [0.15, 0.2) is 6.07 Å². The van der Waals surface area contributed by atoms with Crippen molar-refractivity contribution in [2.24, 2.45) is 0 Å². The summed E-state index contributed by atoms with van der Waals surface area (Å²) in [7, 11) is 0. The van der Waals surface area contributed by atoms with Crippen molar-refractivity contribution >= 4 is 23.4 Å². The van der Waals surface area contributed by atoms with Gasteiger partial charge in [0.2, 0.25) is 0 Å². The van der Waals surface area contributed by atoms with Gasteiger partial charge in [0.25, 0.3) is 0 Å². The number of nitrogens with two attached hydrogens (primary N) is 1. The first-order valence-electron chi connectivity index (χ1n) is 6.98. The zero-order valence-electron chi connectivity index (χ0n) is 12.1. The molecule has 0 atom stereocenters. The lowest BCUT2D eigenvalue weighted by molar-refractivity contribution is 0.637. The van der Waals surface area contributed by atoms with Crippen molar-refractivity contribution in [2.75, 3.05) is 23.9 Å². The SMILES string of the molecule is CSC1(CNc2cc(N)nc(C(C)C)n2)CCCC1. The summed E-state index contributed by atoms with van der Waals surface area (Å²) >= 11 is 1.98. The first kappa shape index (κ1) is 14.4. The number of aromatic nitrogens is 2. The van der Waals surface area contributed by atoms with Crippen LogP contribution in [0, 0.1) is 0 Å².